The Hall–Kier alpha value is -2.16. The quantitative estimate of drug-likeness (QED) is 0.442. The van der Waals surface area contributed by atoms with Gasteiger partial charge in [0.2, 0.25) is 0 Å². The zero-order valence-corrected chi connectivity index (χ0v) is 9.63. The third kappa shape index (κ3) is 2.36. The second kappa shape index (κ2) is 5.22. The van der Waals surface area contributed by atoms with Gasteiger partial charge in [-0.25, -0.2) is 9.18 Å². The predicted molar refractivity (Wildman–Crippen MR) is 61.7 cm³/mol. The minimum absolute atomic E-state index is 0.0000380. The second-order valence-electron chi connectivity index (χ2n) is 3.93. The molecule has 10 heteroatoms. The van der Waals surface area contributed by atoms with E-state index >= 15 is 0 Å². The zero-order chi connectivity index (χ0) is 14.0. The Morgan fingerprint density at radius 1 is 1.74 bits per heavy atom. The number of aromatic nitrogens is 2. The van der Waals surface area contributed by atoms with Crippen molar-refractivity contribution in [2.75, 3.05) is 12.3 Å². The molecule has 19 heavy (non-hydrogen) atoms. The first kappa shape index (κ1) is 13.3. The van der Waals surface area contributed by atoms with Crippen molar-refractivity contribution < 1.29 is 14.2 Å². The standard InChI is InChI=1S/C9H11FN6O3/c10-6-7(14-15-12)4(3-17)19-8(6)16-2-1-5(11)13-9(16)18/h1-2,4,6-8,17H,3H2,(H2,11,13,18)/t4-,6?,7?,8-/m1/s1. The van der Waals surface area contributed by atoms with Crippen LogP contribution in [0.5, 0.6) is 0 Å². The van der Waals surface area contributed by atoms with Crippen molar-refractivity contribution in [1.82, 2.24) is 9.55 Å². The molecule has 0 amide bonds. The van der Waals surface area contributed by atoms with Gasteiger partial charge in [0, 0.05) is 11.1 Å². The van der Waals surface area contributed by atoms with Gasteiger partial charge in [0.15, 0.2) is 12.4 Å². The van der Waals surface area contributed by atoms with Crippen LogP contribution in [0, 0.1) is 0 Å². The molecule has 2 unspecified atom stereocenters. The van der Waals surface area contributed by atoms with Crippen LogP contribution in [0.25, 0.3) is 10.4 Å². The molecule has 0 aliphatic carbocycles. The molecule has 2 heterocycles. The molecule has 0 spiro atoms. The summed E-state index contributed by atoms with van der Waals surface area (Å²) in [7, 11) is 0. The van der Waals surface area contributed by atoms with Crippen molar-refractivity contribution in [3.63, 3.8) is 0 Å². The lowest BCUT2D eigenvalue weighted by Crippen LogP contribution is -2.32. The Morgan fingerprint density at radius 3 is 3.05 bits per heavy atom. The minimum Gasteiger partial charge on any atom is -0.394 e. The number of halogens is 1. The fraction of sp³-hybridized carbons (Fsp3) is 0.556. The highest BCUT2D eigenvalue weighted by atomic mass is 19.1. The Kier molecular flexibility index (Phi) is 3.65. The monoisotopic (exact) mass is 270 g/mol. The lowest BCUT2D eigenvalue weighted by Gasteiger charge is -2.15. The summed E-state index contributed by atoms with van der Waals surface area (Å²) in [6.45, 7) is -0.530. The number of nitrogens with two attached hydrogens (primary N) is 1. The van der Waals surface area contributed by atoms with E-state index in [2.05, 4.69) is 15.0 Å². The van der Waals surface area contributed by atoms with Crippen molar-refractivity contribution in [2.24, 2.45) is 5.11 Å². The molecular formula is C9H11FN6O3. The Bertz CT molecular complexity index is 571. The number of alkyl halides is 1. The number of nitrogen functional groups attached to an aromatic ring is 1. The minimum atomic E-state index is -1.77. The second-order valence-corrected chi connectivity index (χ2v) is 3.93. The van der Waals surface area contributed by atoms with E-state index in [1.807, 2.05) is 0 Å². The SMILES string of the molecule is [N-]=[N+]=NC1C(F)[C@H](n2ccc(N)nc2=O)O[C@@H]1CO. The van der Waals surface area contributed by atoms with Crippen molar-refractivity contribution in [1.29, 1.82) is 0 Å². The summed E-state index contributed by atoms with van der Waals surface area (Å²) >= 11 is 0. The van der Waals surface area contributed by atoms with Crippen LogP contribution in [0.1, 0.15) is 6.23 Å². The molecule has 4 atom stereocenters. The first-order valence-corrected chi connectivity index (χ1v) is 5.37. The molecule has 0 saturated carbocycles. The van der Waals surface area contributed by atoms with Gasteiger partial charge in [0.05, 0.1) is 12.7 Å². The third-order valence-corrected chi connectivity index (χ3v) is 2.78. The van der Waals surface area contributed by atoms with Gasteiger partial charge in [-0.15, -0.1) is 0 Å². The van der Waals surface area contributed by atoms with Crippen LogP contribution >= 0.6 is 0 Å². The molecule has 1 saturated heterocycles. The number of anilines is 1. The predicted octanol–water partition coefficient (Wildman–Crippen LogP) is -0.268. The highest BCUT2D eigenvalue weighted by Crippen LogP contribution is 2.32. The number of aliphatic hydroxyl groups is 1. The molecule has 1 aliphatic heterocycles. The largest absolute Gasteiger partial charge is 0.394 e. The molecule has 1 fully saturated rings. The molecule has 102 valence electrons. The molecule has 2 rings (SSSR count). The van der Waals surface area contributed by atoms with Crippen molar-refractivity contribution in [3.05, 3.63) is 33.2 Å². The maximum Gasteiger partial charge on any atom is 0.351 e. The number of ether oxygens (including phenoxy) is 1. The maximum atomic E-state index is 14.1. The van der Waals surface area contributed by atoms with Crippen LogP contribution < -0.4 is 11.4 Å². The average Bonchev–Trinajstić information content (AvgIpc) is 2.68. The van der Waals surface area contributed by atoms with Crippen LogP contribution in [-0.4, -0.2) is 39.6 Å². The molecule has 0 aromatic carbocycles. The fourth-order valence-corrected chi connectivity index (χ4v) is 1.90. The maximum absolute atomic E-state index is 14.1. The van der Waals surface area contributed by atoms with Gasteiger partial charge >= 0.3 is 5.69 Å². The number of rotatable bonds is 3. The number of hydrogen-bond acceptors (Lipinski definition) is 6. The van der Waals surface area contributed by atoms with Gasteiger partial charge < -0.3 is 15.6 Å². The van der Waals surface area contributed by atoms with Gasteiger partial charge in [-0.1, -0.05) is 5.11 Å². The number of hydrogen-bond donors (Lipinski definition) is 2. The molecule has 1 aromatic rings. The molecule has 0 radical (unpaired) electrons. The summed E-state index contributed by atoms with van der Waals surface area (Å²) in [5, 5.41) is 12.3. The zero-order valence-electron chi connectivity index (χ0n) is 9.63. The molecule has 3 N–H and O–H groups in total. The fourth-order valence-electron chi connectivity index (χ4n) is 1.90. The molecule has 9 nitrogen and oxygen atoms in total. The van der Waals surface area contributed by atoms with Gasteiger partial charge in [0.25, 0.3) is 0 Å². The van der Waals surface area contributed by atoms with E-state index in [4.69, 9.17) is 21.1 Å². The van der Waals surface area contributed by atoms with Crippen LogP contribution in [0.15, 0.2) is 22.2 Å². The number of aliphatic hydroxyl groups excluding tert-OH is 1. The Morgan fingerprint density at radius 2 is 2.47 bits per heavy atom. The van der Waals surface area contributed by atoms with E-state index in [0.29, 0.717) is 0 Å². The summed E-state index contributed by atoms with van der Waals surface area (Å²) < 4.78 is 20.2. The number of azide groups is 1. The first-order chi connectivity index (χ1) is 9.08. The molecule has 0 bridgehead atoms. The molecule has 1 aromatic heterocycles. The van der Waals surface area contributed by atoms with E-state index < -0.39 is 36.8 Å². The Labute approximate surface area is 106 Å². The molecule has 1 aliphatic rings. The average molecular weight is 270 g/mol. The lowest BCUT2D eigenvalue weighted by molar-refractivity contribution is -0.0401. The van der Waals surface area contributed by atoms with Gasteiger partial charge in [-0.2, -0.15) is 4.98 Å². The van der Waals surface area contributed by atoms with Crippen molar-refractivity contribution in [2.45, 2.75) is 24.5 Å². The highest BCUT2D eigenvalue weighted by Gasteiger charge is 2.45. The summed E-state index contributed by atoms with van der Waals surface area (Å²) in [6.07, 6.45) is -2.86. The Balaban J connectivity index is 2.36. The lowest BCUT2D eigenvalue weighted by atomic mass is 10.1. The smallest absolute Gasteiger partial charge is 0.351 e. The third-order valence-electron chi connectivity index (χ3n) is 2.78. The first-order valence-electron chi connectivity index (χ1n) is 5.37. The van der Waals surface area contributed by atoms with Crippen LogP contribution in [0.2, 0.25) is 0 Å². The topological polar surface area (TPSA) is 139 Å². The van der Waals surface area contributed by atoms with E-state index in [-0.39, 0.29) is 5.82 Å². The normalized spacial score (nSPS) is 30.0. The van der Waals surface area contributed by atoms with Crippen LogP contribution in [0.3, 0.4) is 0 Å². The van der Waals surface area contributed by atoms with E-state index in [0.717, 1.165) is 4.57 Å². The van der Waals surface area contributed by atoms with E-state index in [1.165, 1.54) is 12.3 Å². The van der Waals surface area contributed by atoms with E-state index in [9.17, 15) is 9.18 Å². The summed E-state index contributed by atoms with van der Waals surface area (Å²) in [5.41, 5.74) is 12.9. The van der Waals surface area contributed by atoms with Crippen LogP contribution in [-0.2, 0) is 4.74 Å². The highest BCUT2D eigenvalue weighted by molar-refractivity contribution is 5.23. The summed E-state index contributed by atoms with van der Waals surface area (Å²) in [5.74, 6) is -0.0000380. The van der Waals surface area contributed by atoms with Gasteiger partial charge in [-0.3, -0.25) is 4.57 Å². The molecular weight excluding hydrogens is 259 g/mol. The van der Waals surface area contributed by atoms with Crippen molar-refractivity contribution >= 4 is 5.82 Å². The van der Waals surface area contributed by atoms with E-state index in [1.54, 1.807) is 0 Å². The van der Waals surface area contributed by atoms with Gasteiger partial charge in [-0.05, 0) is 11.6 Å². The van der Waals surface area contributed by atoms with Crippen LogP contribution in [0.4, 0.5) is 10.2 Å². The van der Waals surface area contributed by atoms with Crippen molar-refractivity contribution in [3.8, 4) is 0 Å². The van der Waals surface area contributed by atoms with Gasteiger partial charge in [0.1, 0.15) is 11.9 Å². The summed E-state index contributed by atoms with van der Waals surface area (Å²) in [4.78, 5) is 17.5. The summed E-state index contributed by atoms with van der Waals surface area (Å²) in [6, 6.07) is 0.108. The number of nitrogens with zero attached hydrogens (tertiary/aromatic N) is 5.